The Balaban J connectivity index is 1.62. The Hall–Kier alpha value is -2.64. The molecule has 6 nitrogen and oxygen atoms in total. The van der Waals surface area contributed by atoms with Crippen molar-refractivity contribution in [1.82, 2.24) is 15.1 Å². The van der Waals surface area contributed by atoms with Crippen LogP contribution in [0.3, 0.4) is 0 Å². The molecule has 2 N–H and O–H groups in total. The van der Waals surface area contributed by atoms with Gasteiger partial charge in [-0.25, -0.2) is 18.3 Å². The number of nitrogens with one attached hydrogen (secondary N) is 2. The maximum absolute atomic E-state index is 13.7. The second-order valence-electron chi connectivity index (χ2n) is 6.83. The summed E-state index contributed by atoms with van der Waals surface area (Å²) in [4.78, 5) is 12.3. The van der Waals surface area contributed by atoms with Crippen LogP contribution in [0, 0.1) is 25.5 Å². The van der Waals surface area contributed by atoms with Crippen LogP contribution in [0.4, 0.5) is 19.3 Å². The number of hydrogen-bond donors (Lipinski definition) is 2. The van der Waals surface area contributed by atoms with Gasteiger partial charge in [0.15, 0.2) is 18.3 Å². The van der Waals surface area contributed by atoms with Crippen LogP contribution in [-0.2, 0) is 6.73 Å². The zero-order valence-corrected chi connectivity index (χ0v) is 15.5. The van der Waals surface area contributed by atoms with Crippen molar-refractivity contribution in [3.8, 4) is 5.75 Å². The standard InChI is InChI=1S/C19H24F2N4O2/c1-12-18(23-19(26)22-15-6-4-3-5-7-15)13(2)25(24-12)11-27-17-9-8-14(20)10-16(17)21/h8-10,15H,3-7,11H2,1-2H3,(H2,22,23,26). The minimum atomic E-state index is -0.776. The molecule has 0 saturated heterocycles. The van der Waals surface area contributed by atoms with Gasteiger partial charge in [-0.3, -0.25) is 0 Å². The van der Waals surface area contributed by atoms with E-state index in [-0.39, 0.29) is 24.6 Å². The molecule has 2 aromatic rings. The van der Waals surface area contributed by atoms with Crippen molar-refractivity contribution in [2.75, 3.05) is 5.32 Å². The summed E-state index contributed by atoms with van der Waals surface area (Å²) in [6, 6.07) is 3.08. The quantitative estimate of drug-likeness (QED) is 0.816. The summed E-state index contributed by atoms with van der Waals surface area (Å²) in [5, 5.41) is 10.2. The van der Waals surface area contributed by atoms with E-state index in [2.05, 4.69) is 15.7 Å². The summed E-state index contributed by atoms with van der Waals surface area (Å²) in [6.45, 7) is 3.51. The van der Waals surface area contributed by atoms with Crippen LogP contribution in [-0.4, -0.2) is 21.9 Å². The first-order chi connectivity index (χ1) is 12.9. The van der Waals surface area contributed by atoms with E-state index in [0.29, 0.717) is 17.1 Å². The van der Waals surface area contributed by atoms with E-state index in [9.17, 15) is 13.6 Å². The first-order valence-electron chi connectivity index (χ1n) is 9.13. The van der Waals surface area contributed by atoms with Gasteiger partial charge in [0.25, 0.3) is 0 Å². The number of anilines is 1. The summed E-state index contributed by atoms with van der Waals surface area (Å²) in [5.41, 5.74) is 1.93. The zero-order chi connectivity index (χ0) is 19.4. The number of carbonyl (C=O) groups excluding carboxylic acids is 1. The van der Waals surface area contributed by atoms with Gasteiger partial charge in [0.1, 0.15) is 5.82 Å². The Morgan fingerprint density at radius 3 is 2.70 bits per heavy atom. The number of rotatable bonds is 5. The molecule has 0 radical (unpaired) electrons. The molecule has 1 aliphatic rings. The highest BCUT2D eigenvalue weighted by Gasteiger charge is 2.19. The molecule has 1 heterocycles. The zero-order valence-electron chi connectivity index (χ0n) is 15.5. The van der Waals surface area contributed by atoms with Crippen molar-refractivity contribution in [2.45, 2.75) is 58.7 Å². The molecule has 2 amide bonds. The molecule has 1 aliphatic carbocycles. The van der Waals surface area contributed by atoms with Gasteiger partial charge in [0.05, 0.1) is 17.1 Å². The fourth-order valence-electron chi connectivity index (χ4n) is 3.31. The van der Waals surface area contributed by atoms with E-state index in [1.165, 1.54) is 17.2 Å². The molecule has 27 heavy (non-hydrogen) atoms. The second-order valence-corrected chi connectivity index (χ2v) is 6.83. The van der Waals surface area contributed by atoms with Crippen molar-refractivity contribution in [2.24, 2.45) is 0 Å². The van der Waals surface area contributed by atoms with Crippen molar-refractivity contribution in [1.29, 1.82) is 0 Å². The SMILES string of the molecule is Cc1nn(COc2ccc(F)cc2F)c(C)c1NC(=O)NC1CCCCC1. The van der Waals surface area contributed by atoms with Gasteiger partial charge in [0, 0.05) is 12.1 Å². The van der Waals surface area contributed by atoms with Crippen LogP contribution in [0.15, 0.2) is 18.2 Å². The summed E-state index contributed by atoms with van der Waals surface area (Å²) >= 11 is 0. The largest absolute Gasteiger partial charge is 0.468 e. The summed E-state index contributed by atoms with van der Waals surface area (Å²) < 4.78 is 33.5. The number of ether oxygens (including phenoxy) is 1. The Morgan fingerprint density at radius 2 is 2.00 bits per heavy atom. The maximum Gasteiger partial charge on any atom is 0.319 e. The van der Waals surface area contributed by atoms with Gasteiger partial charge in [-0.2, -0.15) is 5.10 Å². The minimum absolute atomic E-state index is 0.0544. The van der Waals surface area contributed by atoms with Crippen LogP contribution >= 0.6 is 0 Å². The summed E-state index contributed by atoms with van der Waals surface area (Å²) in [6.07, 6.45) is 5.50. The number of carbonyl (C=O) groups is 1. The van der Waals surface area contributed by atoms with Crippen LogP contribution in [0.2, 0.25) is 0 Å². The lowest BCUT2D eigenvalue weighted by atomic mass is 9.96. The maximum atomic E-state index is 13.7. The second kappa shape index (κ2) is 8.37. The number of nitrogens with zero attached hydrogens (tertiary/aromatic N) is 2. The minimum Gasteiger partial charge on any atom is -0.468 e. The molecule has 0 unspecified atom stereocenters. The van der Waals surface area contributed by atoms with E-state index in [0.717, 1.165) is 37.8 Å². The average molecular weight is 378 g/mol. The van der Waals surface area contributed by atoms with E-state index >= 15 is 0 Å². The van der Waals surface area contributed by atoms with E-state index in [1.807, 2.05) is 0 Å². The van der Waals surface area contributed by atoms with Gasteiger partial charge in [0.2, 0.25) is 0 Å². The lowest BCUT2D eigenvalue weighted by Crippen LogP contribution is -2.39. The molecular formula is C19H24F2N4O2. The molecule has 3 rings (SSSR count). The Bertz CT molecular complexity index is 816. The topological polar surface area (TPSA) is 68.2 Å². The monoisotopic (exact) mass is 378 g/mol. The lowest BCUT2D eigenvalue weighted by Gasteiger charge is -2.22. The number of aromatic nitrogens is 2. The van der Waals surface area contributed by atoms with Crippen molar-refractivity contribution in [3.05, 3.63) is 41.2 Å². The molecule has 0 spiro atoms. The fraction of sp³-hybridized carbons (Fsp3) is 0.474. The van der Waals surface area contributed by atoms with Crippen molar-refractivity contribution >= 4 is 11.7 Å². The molecule has 1 aromatic carbocycles. The lowest BCUT2D eigenvalue weighted by molar-refractivity contribution is 0.208. The van der Waals surface area contributed by atoms with Gasteiger partial charge in [-0.15, -0.1) is 0 Å². The molecule has 0 bridgehead atoms. The number of benzene rings is 1. The van der Waals surface area contributed by atoms with Crippen molar-refractivity contribution in [3.63, 3.8) is 0 Å². The van der Waals surface area contributed by atoms with Gasteiger partial charge >= 0.3 is 6.03 Å². The Labute approximate surface area is 156 Å². The van der Waals surface area contributed by atoms with E-state index in [4.69, 9.17) is 4.74 Å². The number of halogens is 2. The molecule has 1 saturated carbocycles. The first-order valence-corrected chi connectivity index (χ1v) is 9.13. The van der Waals surface area contributed by atoms with Crippen molar-refractivity contribution < 1.29 is 18.3 Å². The predicted molar refractivity (Wildman–Crippen MR) is 97.7 cm³/mol. The third kappa shape index (κ3) is 4.75. The van der Waals surface area contributed by atoms with E-state index < -0.39 is 11.6 Å². The highest BCUT2D eigenvalue weighted by molar-refractivity contribution is 5.90. The summed E-state index contributed by atoms with van der Waals surface area (Å²) in [7, 11) is 0. The number of amides is 2. The molecule has 0 aliphatic heterocycles. The first kappa shape index (κ1) is 19.1. The number of aryl methyl sites for hydroxylation is 1. The molecule has 146 valence electrons. The van der Waals surface area contributed by atoms with Gasteiger partial charge < -0.3 is 15.4 Å². The number of urea groups is 1. The van der Waals surface area contributed by atoms with Gasteiger partial charge in [-0.05, 0) is 38.8 Å². The van der Waals surface area contributed by atoms with Crippen LogP contribution in [0.5, 0.6) is 5.75 Å². The number of hydrogen-bond acceptors (Lipinski definition) is 3. The highest BCUT2D eigenvalue weighted by Crippen LogP contribution is 2.22. The Kier molecular flexibility index (Phi) is 5.93. The molecular weight excluding hydrogens is 354 g/mol. The molecule has 0 atom stereocenters. The molecule has 8 heteroatoms. The van der Waals surface area contributed by atoms with Crippen LogP contribution < -0.4 is 15.4 Å². The summed E-state index contributed by atoms with van der Waals surface area (Å²) in [5.74, 6) is -1.50. The smallest absolute Gasteiger partial charge is 0.319 e. The third-order valence-electron chi connectivity index (χ3n) is 4.80. The average Bonchev–Trinajstić information content (AvgIpc) is 2.89. The van der Waals surface area contributed by atoms with E-state index in [1.54, 1.807) is 13.8 Å². The highest BCUT2D eigenvalue weighted by atomic mass is 19.1. The predicted octanol–water partition coefficient (Wildman–Crippen LogP) is 4.27. The Morgan fingerprint density at radius 1 is 1.26 bits per heavy atom. The fourth-order valence-corrected chi connectivity index (χ4v) is 3.31. The molecule has 1 fully saturated rings. The van der Waals surface area contributed by atoms with Gasteiger partial charge in [-0.1, -0.05) is 19.3 Å². The third-order valence-corrected chi connectivity index (χ3v) is 4.80. The molecule has 1 aromatic heterocycles. The van der Waals surface area contributed by atoms with Crippen LogP contribution in [0.25, 0.3) is 0 Å². The van der Waals surface area contributed by atoms with Crippen LogP contribution in [0.1, 0.15) is 43.5 Å². The normalized spacial score (nSPS) is 14.8.